The first-order valence-electron chi connectivity index (χ1n) is 9.21. The third-order valence-electron chi connectivity index (χ3n) is 4.45. The third kappa shape index (κ3) is 4.32. The summed E-state index contributed by atoms with van der Waals surface area (Å²) in [6.45, 7) is 0.558. The molecule has 5 nitrogen and oxygen atoms in total. The highest BCUT2D eigenvalue weighted by Crippen LogP contribution is 2.22. The average Bonchev–Trinajstić information content (AvgIpc) is 3.14. The number of hydrogen-bond donors (Lipinski definition) is 3. The summed E-state index contributed by atoms with van der Waals surface area (Å²) < 4.78 is 5.75. The number of H-pyrrole nitrogens is 1. The van der Waals surface area contributed by atoms with E-state index >= 15 is 0 Å². The number of carbonyl (C=O) groups is 1. The standard InChI is InChI=1S/C23H21N3O2/c27-23(24-15-14-17-16-25-22-9-5-4-8-21(17)22)26-18-10-12-20(13-11-18)28-19-6-2-1-3-7-19/h1-13,16,25H,14-15H2,(H2,24,26,27). The van der Waals surface area contributed by atoms with Crippen molar-refractivity contribution in [2.24, 2.45) is 0 Å². The molecular formula is C23H21N3O2. The number of aromatic amines is 1. The second-order valence-corrected chi connectivity index (χ2v) is 6.43. The maximum absolute atomic E-state index is 12.1. The van der Waals surface area contributed by atoms with Crippen molar-refractivity contribution in [3.05, 3.63) is 90.6 Å². The number of hydrogen-bond acceptors (Lipinski definition) is 2. The number of rotatable bonds is 6. The summed E-state index contributed by atoms with van der Waals surface area (Å²) >= 11 is 0. The van der Waals surface area contributed by atoms with E-state index in [1.54, 1.807) is 0 Å². The van der Waals surface area contributed by atoms with Crippen LogP contribution in [0.1, 0.15) is 5.56 Å². The molecule has 0 radical (unpaired) electrons. The van der Waals surface area contributed by atoms with Gasteiger partial charge in [0.15, 0.2) is 0 Å². The van der Waals surface area contributed by atoms with Gasteiger partial charge in [0.1, 0.15) is 11.5 Å². The molecule has 4 aromatic rings. The van der Waals surface area contributed by atoms with E-state index in [-0.39, 0.29) is 6.03 Å². The maximum Gasteiger partial charge on any atom is 0.319 e. The van der Waals surface area contributed by atoms with Crippen molar-refractivity contribution in [1.29, 1.82) is 0 Å². The van der Waals surface area contributed by atoms with Crippen molar-refractivity contribution >= 4 is 22.6 Å². The van der Waals surface area contributed by atoms with Gasteiger partial charge in [0.05, 0.1) is 0 Å². The lowest BCUT2D eigenvalue weighted by atomic mass is 10.1. The van der Waals surface area contributed by atoms with E-state index in [1.165, 1.54) is 10.9 Å². The first-order chi connectivity index (χ1) is 13.8. The van der Waals surface area contributed by atoms with Crippen LogP contribution in [0.2, 0.25) is 0 Å². The van der Waals surface area contributed by atoms with Crippen LogP contribution in [0.4, 0.5) is 10.5 Å². The van der Waals surface area contributed by atoms with Crippen molar-refractivity contribution in [1.82, 2.24) is 10.3 Å². The number of nitrogens with one attached hydrogen (secondary N) is 3. The minimum atomic E-state index is -0.225. The van der Waals surface area contributed by atoms with Crippen molar-refractivity contribution in [2.45, 2.75) is 6.42 Å². The first-order valence-corrected chi connectivity index (χ1v) is 9.21. The fourth-order valence-electron chi connectivity index (χ4n) is 3.06. The van der Waals surface area contributed by atoms with E-state index < -0.39 is 0 Å². The van der Waals surface area contributed by atoms with Crippen molar-refractivity contribution < 1.29 is 9.53 Å². The van der Waals surface area contributed by atoms with Gasteiger partial charge in [-0.05, 0) is 54.4 Å². The lowest BCUT2D eigenvalue weighted by Crippen LogP contribution is -2.30. The van der Waals surface area contributed by atoms with Crippen LogP contribution < -0.4 is 15.4 Å². The summed E-state index contributed by atoms with van der Waals surface area (Å²) in [6.07, 6.45) is 2.76. The van der Waals surface area contributed by atoms with Crippen molar-refractivity contribution in [3.63, 3.8) is 0 Å². The van der Waals surface area contributed by atoms with Crippen molar-refractivity contribution in [3.8, 4) is 11.5 Å². The van der Waals surface area contributed by atoms with Gasteiger partial charge in [-0.15, -0.1) is 0 Å². The van der Waals surface area contributed by atoms with Crippen molar-refractivity contribution in [2.75, 3.05) is 11.9 Å². The van der Waals surface area contributed by atoms with E-state index in [4.69, 9.17) is 4.74 Å². The largest absolute Gasteiger partial charge is 0.457 e. The molecule has 0 bridgehead atoms. The van der Waals surface area contributed by atoms with Gasteiger partial charge in [-0.1, -0.05) is 36.4 Å². The lowest BCUT2D eigenvalue weighted by molar-refractivity contribution is 0.252. The molecule has 0 unspecified atom stereocenters. The van der Waals surface area contributed by atoms with Gasteiger partial charge in [-0.25, -0.2) is 4.79 Å². The van der Waals surface area contributed by atoms with Gasteiger partial charge < -0.3 is 20.4 Å². The fourth-order valence-corrected chi connectivity index (χ4v) is 3.06. The number of para-hydroxylation sites is 2. The number of aromatic nitrogens is 1. The summed E-state index contributed by atoms with van der Waals surface area (Å²) in [5.74, 6) is 1.50. The number of benzene rings is 3. The smallest absolute Gasteiger partial charge is 0.319 e. The van der Waals surface area contributed by atoms with Crippen LogP contribution in [0.5, 0.6) is 11.5 Å². The number of urea groups is 1. The van der Waals surface area contributed by atoms with E-state index in [2.05, 4.69) is 21.7 Å². The molecule has 2 amide bonds. The molecular weight excluding hydrogens is 350 g/mol. The first kappa shape index (κ1) is 17.7. The molecule has 1 aromatic heterocycles. The highest BCUT2D eigenvalue weighted by atomic mass is 16.5. The highest BCUT2D eigenvalue weighted by molar-refractivity contribution is 5.89. The molecule has 5 heteroatoms. The monoisotopic (exact) mass is 371 g/mol. The number of amides is 2. The molecule has 3 aromatic carbocycles. The molecule has 0 atom stereocenters. The molecule has 0 saturated carbocycles. The second kappa shape index (κ2) is 8.31. The quantitative estimate of drug-likeness (QED) is 0.429. The highest BCUT2D eigenvalue weighted by Gasteiger charge is 2.05. The second-order valence-electron chi connectivity index (χ2n) is 6.43. The van der Waals surface area contributed by atoms with Gasteiger partial charge in [0.25, 0.3) is 0 Å². The normalized spacial score (nSPS) is 10.6. The molecule has 0 aliphatic heterocycles. The molecule has 140 valence electrons. The molecule has 0 aliphatic carbocycles. The van der Waals surface area contributed by atoms with E-state index in [0.717, 1.165) is 23.4 Å². The summed E-state index contributed by atoms with van der Waals surface area (Å²) in [7, 11) is 0. The molecule has 28 heavy (non-hydrogen) atoms. The SMILES string of the molecule is O=C(NCCc1c[nH]c2ccccc12)Nc1ccc(Oc2ccccc2)cc1. The fraction of sp³-hybridized carbons (Fsp3) is 0.0870. The summed E-state index contributed by atoms with van der Waals surface area (Å²) in [5.41, 5.74) is 3.02. The summed E-state index contributed by atoms with van der Waals surface area (Å²) in [6, 6.07) is 24.8. The summed E-state index contributed by atoms with van der Waals surface area (Å²) in [4.78, 5) is 15.4. The number of fused-ring (bicyclic) bond motifs is 1. The Labute approximate surface area is 163 Å². The van der Waals surface area contributed by atoms with Gasteiger partial charge in [-0.2, -0.15) is 0 Å². The maximum atomic E-state index is 12.1. The minimum absolute atomic E-state index is 0.225. The molecule has 0 spiro atoms. The Morgan fingerprint density at radius 1 is 0.857 bits per heavy atom. The molecule has 3 N–H and O–H groups in total. The Balaban J connectivity index is 1.26. The number of ether oxygens (including phenoxy) is 1. The van der Waals surface area contributed by atoms with E-state index in [0.29, 0.717) is 12.2 Å². The van der Waals surface area contributed by atoms with Crippen LogP contribution in [-0.4, -0.2) is 17.6 Å². The molecule has 0 saturated heterocycles. The predicted octanol–water partition coefficient (Wildman–Crippen LogP) is 5.32. The zero-order valence-corrected chi connectivity index (χ0v) is 15.3. The Kier molecular flexibility index (Phi) is 5.24. The lowest BCUT2D eigenvalue weighted by Gasteiger charge is -2.09. The van der Waals surface area contributed by atoms with E-state index in [1.807, 2.05) is 79.0 Å². The Morgan fingerprint density at radius 2 is 1.57 bits per heavy atom. The van der Waals surface area contributed by atoms with Crippen LogP contribution in [-0.2, 0) is 6.42 Å². The van der Waals surface area contributed by atoms with E-state index in [9.17, 15) is 4.79 Å². The Morgan fingerprint density at radius 3 is 2.39 bits per heavy atom. The Hall–Kier alpha value is -3.73. The van der Waals surface area contributed by atoms with Crippen LogP contribution >= 0.6 is 0 Å². The van der Waals surface area contributed by atoms with Crippen LogP contribution in [0.25, 0.3) is 10.9 Å². The number of carbonyl (C=O) groups excluding carboxylic acids is 1. The zero-order chi connectivity index (χ0) is 19.2. The molecule has 4 rings (SSSR count). The minimum Gasteiger partial charge on any atom is -0.457 e. The Bertz CT molecular complexity index is 1060. The van der Waals surface area contributed by atoms with Gasteiger partial charge >= 0.3 is 6.03 Å². The average molecular weight is 371 g/mol. The van der Waals surface area contributed by atoms with Crippen LogP contribution in [0, 0.1) is 0 Å². The molecule has 0 fully saturated rings. The van der Waals surface area contributed by atoms with Crippen LogP contribution in [0.3, 0.4) is 0 Å². The molecule has 1 heterocycles. The van der Waals surface area contributed by atoms with Gasteiger partial charge in [0, 0.05) is 29.3 Å². The summed E-state index contributed by atoms with van der Waals surface area (Å²) in [5, 5.41) is 6.92. The topological polar surface area (TPSA) is 66.2 Å². The third-order valence-corrected chi connectivity index (χ3v) is 4.45. The van der Waals surface area contributed by atoms with Crippen LogP contribution in [0.15, 0.2) is 85.1 Å². The van der Waals surface area contributed by atoms with Gasteiger partial charge in [-0.3, -0.25) is 0 Å². The zero-order valence-electron chi connectivity index (χ0n) is 15.3. The number of anilines is 1. The molecule has 0 aliphatic rings. The predicted molar refractivity (Wildman–Crippen MR) is 112 cm³/mol. The van der Waals surface area contributed by atoms with Gasteiger partial charge in [0.2, 0.25) is 0 Å².